The third kappa shape index (κ3) is 2.01. The van der Waals surface area contributed by atoms with Gasteiger partial charge in [0.2, 0.25) is 0 Å². The van der Waals surface area contributed by atoms with E-state index >= 15 is 0 Å². The zero-order chi connectivity index (χ0) is 14.6. The quantitative estimate of drug-likeness (QED) is 0.801. The first-order chi connectivity index (χ1) is 10.0. The topological polar surface area (TPSA) is 43.4 Å². The molecule has 2 aromatic carbocycles. The normalized spacial score (nSPS) is 26.2. The van der Waals surface area contributed by atoms with Gasteiger partial charge in [0.15, 0.2) is 0 Å². The number of hydrogen-bond donors (Lipinski definition) is 0. The average molecular weight is 300 g/mol. The van der Waals surface area contributed by atoms with Crippen molar-refractivity contribution in [2.24, 2.45) is 0 Å². The molecule has 1 unspecified atom stereocenters. The minimum Gasteiger partial charge on any atom is -0.266 e. The van der Waals surface area contributed by atoms with Crippen LogP contribution in [0.25, 0.3) is 0 Å². The minimum absolute atomic E-state index is 0.0112. The van der Waals surface area contributed by atoms with Crippen LogP contribution in [0, 0.1) is 0 Å². The number of benzene rings is 2. The van der Waals surface area contributed by atoms with Crippen molar-refractivity contribution < 1.29 is 12.6 Å². The smallest absolute Gasteiger partial charge is 0.264 e. The van der Waals surface area contributed by atoms with Crippen molar-refractivity contribution in [1.82, 2.24) is 0 Å². The summed E-state index contributed by atoms with van der Waals surface area (Å²) in [6.45, 7) is 0. The summed E-state index contributed by atoms with van der Waals surface area (Å²) in [5, 5.41) is 0. The van der Waals surface area contributed by atoms with Gasteiger partial charge in [-0.15, -0.1) is 0 Å². The monoisotopic (exact) mass is 300 g/mol. The van der Waals surface area contributed by atoms with Gasteiger partial charge in [0.1, 0.15) is 0 Å². The van der Waals surface area contributed by atoms with Gasteiger partial charge in [-0.05, 0) is 28.7 Å². The van der Waals surface area contributed by atoms with Crippen LogP contribution in [0.3, 0.4) is 0 Å². The Morgan fingerprint density at radius 3 is 1.86 bits per heavy atom. The lowest BCUT2D eigenvalue weighted by Gasteiger charge is -2.44. The van der Waals surface area contributed by atoms with Gasteiger partial charge in [-0.1, -0.05) is 48.5 Å². The first-order valence-electron chi connectivity index (χ1n) is 7.10. The second-order valence-corrected chi connectivity index (χ2v) is 7.46. The summed E-state index contributed by atoms with van der Waals surface area (Å²) in [4.78, 5) is 0. The van der Waals surface area contributed by atoms with Gasteiger partial charge in [-0.2, -0.15) is 8.42 Å². The molecule has 2 bridgehead atoms. The van der Waals surface area contributed by atoms with Crippen LogP contribution in [0.4, 0.5) is 0 Å². The van der Waals surface area contributed by atoms with Crippen molar-refractivity contribution in [3.8, 4) is 0 Å². The van der Waals surface area contributed by atoms with Crippen LogP contribution in [0.1, 0.15) is 40.5 Å². The number of fused-ring (bicyclic) bond motifs is 1. The molecule has 0 aromatic heterocycles. The zero-order valence-electron chi connectivity index (χ0n) is 11.7. The van der Waals surface area contributed by atoms with Crippen LogP contribution in [-0.2, 0) is 14.3 Å². The van der Waals surface area contributed by atoms with Gasteiger partial charge in [-0.3, -0.25) is 4.18 Å². The van der Waals surface area contributed by atoms with E-state index in [0.29, 0.717) is 0 Å². The van der Waals surface area contributed by atoms with Crippen LogP contribution < -0.4 is 0 Å². The highest BCUT2D eigenvalue weighted by atomic mass is 32.2. The van der Waals surface area contributed by atoms with E-state index in [9.17, 15) is 8.42 Å². The Bertz CT molecular complexity index is 763. The average Bonchev–Trinajstić information content (AvgIpc) is 2.46. The highest BCUT2D eigenvalue weighted by Crippen LogP contribution is 2.53. The third-order valence-electron chi connectivity index (χ3n) is 4.55. The highest BCUT2D eigenvalue weighted by molar-refractivity contribution is 7.86. The van der Waals surface area contributed by atoms with Crippen LogP contribution in [0.5, 0.6) is 0 Å². The molecule has 108 valence electrons. The Morgan fingerprint density at radius 1 is 0.905 bits per heavy atom. The maximum Gasteiger partial charge on any atom is 0.264 e. The second kappa shape index (κ2) is 4.42. The molecule has 3 nitrogen and oxygen atoms in total. The van der Waals surface area contributed by atoms with Crippen molar-refractivity contribution in [3.05, 3.63) is 70.8 Å². The van der Waals surface area contributed by atoms with E-state index in [1.165, 1.54) is 22.3 Å². The van der Waals surface area contributed by atoms with E-state index in [1.54, 1.807) is 0 Å². The van der Waals surface area contributed by atoms with Crippen molar-refractivity contribution in [2.75, 3.05) is 6.26 Å². The Labute approximate surface area is 124 Å². The summed E-state index contributed by atoms with van der Waals surface area (Å²) in [6.07, 6.45) is 1.56. The molecule has 0 saturated heterocycles. The summed E-state index contributed by atoms with van der Waals surface area (Å²) < 4.78 is 28.6. The van der Waals surface area contributed by atoms with Crippen molar-refractivity contribution >= 4 is 10.1 Å². The SMILES string of the molecule is CS(=O)(=O)OC1CC2c3ccccc3C1c1ccccc12. The molecule has 0 amide bonds. The molecule has 5 rings (SSSR count). The van der Waals surface area contributed by atoms with Gasteiger partial charge >= 0.3 is 0 Å². The molecule has 0 aliphatic heterocycles. The molecule has 0 fully saturated rings. The molecule has 3 aliphatic rings. The van der Waals surface area contributed by atoms with E-state index in [1.807, 2.05) is 12.1 Å². The van der Waals surface area contributed by atoms with Gasteiger partial charge in [0.25, 0.3) is 10.1 Å². The van der Waals surface area contributed by atoms with Gasteiger partial charge < -0.3 is 0 Å². The summed E-state index contributed by atoms with van der Waals surface area (Å²) >= 11 is 0. The second-order valence-electron chi connectivity index (χ2n) is 5.86. The molecule has 3 aliphatic carbocycles. The van der Waals surface area contributed by atoms with E-state index in [2.05, 4.69) is 36.4 Å². The lowest BCUT2D eigenvalue weighted by molar-refractivity contribution is 0.158. The number of rotatable bonds is 2. The van der Waals surface area contributed by atoms with E-state index in [-0.39, 0.29) is 17.9 Å². The van der Waals surface area contributed by atoms with Crippen LogP contribution >= 0.6 is 0 Å². The fourth-order valence-electron chi connectivity index (χ4n) is 3.90. The van der Waals surface area contributed by atoms with Crippen LogP contribution in [-0.4, -0.2) is 20.8 Å². The summed E-state index contributed by atoms with van der Waals surface area (Å²) in [7, 11) is -3.45. The largest absolute Gasteiger partial charge is 0.266 e. The third-order valence-corrected chi connectivity index (χ3v) is 5.15. The predicted octanol–water partition coefficient (Wildman–Crippen LogP) is 3.01. The standard InChI is InChI=1S/C17H16O3S/c1-21(18,19)20-16-10-15-11-6-2-4-8-13(11)17(16)14-9-5-3-7-12(14)15/h2-9,15-17H,10H2,1H3. The fraction of sp³-hybridized carbons (Fsp3) is 0.294. The van der Waals surface area contributed by atoms with Crippen molar-refractivity contribution in [2.45, 2.75) is 24.4 Å². The first kappa shape index (κ1) is 13.0. The molecular formula is C17H16O3S. The fourth-order valence-corrected chi connectivity index (χ4v) is 4.54. The lowest BCUT2D eigenvalue weighted by atomic mass is 9.62. The highest BCUT2D eigenvalue weighted by Gasteiger charge is 2.44. The molecule has 1 atom stereocenters. The van der Waals surface area contributed by atoms with Crippen LogP contribution in [0.2, 0.25) is 0 Å². The Kier molecular flexibility index (Phi) is 2.75. The molecule has 0 heterocycles. The predicted molar refractivity (Wildman–Crippen MR) is 80.9 cm³/mol. The molecule has 0 N–H and O–H groups in total. The molecule has 21 heavy (non-hydrogen) atoms. The Balaban J connectivity index is 1.90. The van der Waals surface area contributed by atoms with E-state index in [0.717, 1.165) is 12.7 Å². The van der Waals surface area contributed by atoms with Gasteiger partial charge in [-0.25, -0.2) is 0 Å². The maximum atomic E-state index is 11.6. The zero-order valence-corrected chi connectivity index (χ0v) is 12.5. The van der Waals surface area contributed by atoms with Crippen molar-refractivity contribution in [1.29, 1.82) is 0 Å². The molecule has 0 saturated carbocycles. The first-order valence-corrected chi connectivity index (χ1v) is 8.92. The van der Waals surface area contributed by atoms with Crippen molar-refractivity contribution in [3.63, 3.8) is 0 Å². The minimum atomic E-state index is -3.45. The van der Waals surface area contributed by atoms with Gasteiger partial charge in [0.05, 0.1) is 12.4 Å². The van der Waals surface area contributed by atoms with Crippen LogP contribution in [0.15, 0.2) is 48.5 Å². The lowest BCUT2D eigenvalue weighted by Crippen LogP contribution is -2.38. The molecule has 2 aromatic rings. The number of hydrogen-bond acceptors (Lipinski definition) is 3. The summed E-state index contributed by atoms with van der Waals surface area (Å²) in [5.74, 6) is 0.242. The Morgan fingerprint density at radius 2 is 1.38 bits per heavy atom. The molecule has 0 spiro atoms. The van der Waals surface area contributed by atoms with E-state index < -0.39 is 10.1 Å². The molecular weight excluding hydrogens is 284 g/mol. The summed E-state index contributed by atoms with van der Waals surface area (Å²) in [6, 6.07) is 16.6. The van der Waals surface area contributed by atoms with Gasteiger partial charge in [0, 0.05) is 11.8 Å². The Hall–Kier alpha value is -1.65. The summed E-state index contributed by atoms with van der Waals surface area (Å²) in [5.41, 5.74) is 5.05. The van der Waals surface area contributed by atoms with E-state index in [4.69, 9.17) is 4.18 Å². The maximum absolute atomic E-state index is 11.6. The molecule has 0 radical (unpaired) electrons. The molecule has 4 heteroatoms.